The van der Waals surface area contributed by atoms with Gasteiger partial charge in [0.15, 0.2) is 5.78 Å². The van der Waals surface area contributed by atoms with Gasteiger partial charge in [-0.1, -0.05) is 55.5 Å². The van der Waals surface area contributed by atoms with Gasteiger partial charge in [-0.15, -0.1) is 0 Å². The summed E-state index contributed by atoms with van der Waals surface area (Å²) < 4.78 is 0. The molecule has 2 aromatic carbocycles. The Labute approximate surface area is 135 Å². The predicted molar refractivity (Wildman–Crippen MR) is 92.7 cm³/mol. The highest BCUT2D eigenvalue weighted by molar-refractivity contribution is 5.98. The van der Waals surface area contributed by atoms with Crippen molar-refractivity contribution in [1.82, 2.24) is 10.3 Å². The Bertz CT molecular complexity index is 850. The molecule has 0 saturated carbocycles. The molecule has 0 aliphatic carbocycles. The monoisotopic (exact) mass is 304 g/mol. The van der Waals surface area contributed by atoms with Crippen LogP contribution in [0.25, 0.3) is 10.9 Å². The number of nitrogens with one attached hydrogen (secondary N) is 2. The zero-order chi connectivity index (χ0) is 15.8. The number of carbonyl (C=O) groups is 1. The molecule has 0 bridgehead atoms. The zero-order valence-electron chi connectivity index (χ0n) is 13.2. The van der Waals surface area contributed by atoms with E-state index < -0.39 is 0 Å². The lowest BCUT2D eigenvalue weighted by Gasteiger charge is -2.28. The maximum Gasteiger partial charge on any atom is 0.167 e. The number of H-pyrrole nitrogens is 1. The average Bonchev–Trinajstić information content (AvgIpc) is 3.00. The van der Waals surface area contributed by atoms with Gasteiger partial charge in [-0.3, -0.25) is 4.79 Å². The van der Waals surface area contributed by atoms with Crippen molar-refractivity contribution in [2.45, 2.75) is 19.4 Å². The maximum atomic E-state index is 12.8. The SMILES string of the molecule is CC(C(=O)c1ccccc1)C1NCCc2c1[nH]c1ccccc21. The summed E-state index contributed by atoms with van der Waals surface area (Å²) in [5.74, 6) is 0.0825. The van der Waals surface area contributed by atoms with Crippen LogP contribution in [-0.2, 0) is 6.42 Å². The number of hydrogen-bond donors (Lipinski definition) is 2. The third-order valence-corrected chi connectivity index (χ3v) is 4.87. The quantitative estimate of drug-likeness (QED) is 0.721. The van der Waals surface area contributed by atoms with E-state index in [-0.39, 0.29) is 17.7 Å². The Morgan fingerprint density at radius 1 is 1.09 bits per heavy atom. The molecular weight excluding hydrogens is 284 g/mol. The smallest absolute Gasteiger partial charge is 0.167 e. The van der Waals surface area contributed by atoms with E-state index in [1.54, 1.807) is 0 Å². The summed E-state index contributed by atoms with van der Waals surface area (Å²) >= 11 is 0. The van der Waals surface area contributed by atoms with E-state index in [0.717, 1.165) is 24.0 Å². The molecule has 2 unspecified atom stereocenters. The normalized spacial score (nSPS) is 18.6. The summed E-state index contributed by atoms with van der Waals surface area (Å²) in [4.78, 5) is 16.4. The molecule has 1 aliphatic rings. The van der Waals surface area contributed by atoms with Crippen LogP contribution in [0.2, 0.25) is 0 Å². The van der Waals surface area contributed by atoms with Crippen LogP contribution < -0.4 is 5.32 Å². The number of carbonyl (C=O) groups excluding carboxylic acids is 1. The molecule has 2 atom stereocenters. The topological polar surface area (TPSA) is 44.9 Å². The molecule has 116 valence electrons. The van der Waals surface area contributed by atoms with Crippen LogP contribution in [0.4, 0.5) is 0 Å². The van der Waals surface area contributed by atoms with Gasteiger partial charge in [0.2, 0.25) is 0 Å². The summed E-state index contributed by atoms with van der Waals surface area (Å²) in [6, 6.07) is 18.0. The minimum atomic E-state index is -0.107. The van der Waals surface area contributed by atoms with Crippen molar-refractivity contribution in [3.63, 3.8) is 0 Å². The average molecular weight is 304 g/mol. The summed E-state index contributed by atoms with van der Waals surface area (Å²) in [6.07, 6.45) is 1.00. The molecule has 0 amide bonds. The molecule has 23 heavy (non-hydrogen) atoms. The Balaban J connectivity index is 1.73. The van der Waals surface area contributed by atoms with Crippen LogP contribution in [0.15, 0.2) is 54.6 Å². The first-order valence-corrected chi connectivity index (χ1v) is 8.18. The van der Waals surface area contributed by atoms with Crippen molar-refractivity contribution >= 4 is 16.7 Å². The number of hydrogen-bond acceptors (Lipinski definition) is 2. The fourth-order valence-electron chi connectivity index (χ4n) is 3.65. The number of Topliss-reactive ketones (excluding diaryl/α,β-unsaturated/α-hetero) is 1. The Hall–Kier alpha value is -2.39. The molecule has 0 radical (unpaired) electrons. The van der Waals surface area contributed by atoms with Crippen molar-refractivity contribution in [2.24, 2.45) is 5.92 Å². The van der Waals surface area contributed by atoms with Crippen LogP contribution in [0, 0.1) is 5.92 Å². The van der Waals surface area contributed by atoms with Gasteiger partial charge < -0.3 is 10.3 Å². The summed E-state index contributed by atoms with van der Waals surface area (Å²) in [6.45, 7) is 2.93. The molecule has 0 fully saturated rings. The number of para-hydroxylation sites is 1. The summed E-state index contributed by atoms with van der Waals surface area (Å²) in [7, 11) is 0. The van der Waals surface area contributed by atoms with E-state index in [4.69, 9.17) is 0 Å². The van der Waals surface area contributed by atoms with Crippen LogP contribution in [-0.4, -0.2) is 17.3 Å². The molecule has 0 spiro atoms. The van der Waals surface area contributed by atoms with E-state index in [1.807, 2.05) is 43.3 Å². The van der Waals surface area contributed by atoms with Crippen molar-refractivity contribution in [3.05, 3.63) is 71.4 Å². The highest BCUT2D eigenvalue weighted by Gasteiger charge is 2.31. The molecule has 4 rings (SSSR count). The second-order valence-electron chi connectivity index (χ2n) is 6.26. The van der Waals surface area contributed by atoms with Gasteiger partial charge in [-0.2, -0.15) is 0 Å². The van der Waals surface area contributed by atoms with E-state index in [2.05, 4.69) is 28.5 Å². The number of ketones is 1. The van der Waals surface area contributed by atoms with Gasteiger partial charge >= 0.3 is 0 Å². The lowest BCUT2D eigenvalue weighted by atomic mass is 9.86. The lowest BCUT2D eigenvalue weighted by Crippen LogP contribution is -2.36. The number of aromatic nitrogens is 1. The van der Waals surface area contributed by atoms with Crippen molar-refractivity contribution in [3.8, 4) is 0 Å². The van der Waals surface area contributed by atoms with Gasteiger partial charge in [-0.25, -0.2) is 0 Å². The summed E-state index contributed by atoms with van der Waals surface area (Å²) in [5.41, 5.74) is 4.47. The van der Waals surface area contributed by atoms with Gasteiger partial charge in [0.25, 0.3) is 0 Å². The van der Waals surface area contributed by atoms with Gasteiger partial charge in [0.1, 0.15) is 0 Å². The van der Waals surface area contributed by atoms with Gasteiger partial charge in [0.05, 0.1) is 6.04 Å². The first kappa shape index (κ1) is 14.2. The highest BCUT2D eigenvalue weighted by Crippen LogP contribution is 2.34. The molecular formula is C20H20N2O. The standard InChI is InChI=1S/C20H20N2O/c1-13(20(23)14-7-3-2-4-8-14)18-19-16(11-12-21-18)15-9-5-6-10-17(15)22-19/h2-10,13,18,21-22H,11-12H2,1H3. The van der Waals surface area contributed by atoms with Crippen molar-refractivity contribution < 1.29 is 4.79 Å². The Morgan fingerprint density at radius 2 is 1.83 bits per heavy atom. The minimum Gasteiger partial charge on any atom is -0.357 e. The molecule has 2 N–H and O–H groups in total. The van der Waals surface area contributed by atoms with Gasteiger partial charge in [0, 0.05) is 28.1 Å². The predicted octanol–water partition coefficient (Wildman–Crippen LogP) is 3.87. The highest BCUT2D eigenvalue weighted by atomic mass is 16.1. The van der Waals surface area contributed by atoms with Crippen LogP contribution >= 0.6 is 0 Å². The molecule has 1 aromatic heterocycles. The third kappa shape index (κ3) is 2.37. The van der Waals surface area contributed by atoms with Crippen LogP contribution in [0.3, 0.4) is 0 Å². The molecule has 3 heteroatoms. The maximum absolute atomic E-state index is 12.8. The van der Waals surface area contributed by atoms with Gasteiger partial charge in [-0.05, 0) is 24.6 Å². The van der Waals surface area contributed by atoms with Crippen molar-refractivity contribution in [1.29, 1.82) is 0 Å². The van der Waals surface area contributed by atoms with E-state index in [1.165, 1.54) is 16.6 Å². The van der Waals surface area contributed by atoms with Crippen molar-refractivity contribution in [2.75, 3.05) is 6.54 Å². The fourth-order valence-corrected chi connectivity index (χ4v) is 3.65. The zero-order valence-corrected chi connectivity index (χ0v) is 13.2. The second kappa shape index (κ2) is 5.67. The summed E-state index contributed by atoms with van der Waals surface area (Å²) in [5, 5.41) is 4.82. The van der Waals surface area contributed by atoms with Crippen LogP contribution in [0.5, 0.6) is 0 Å². The first-order chi connectivity index (χ1) is 11.3. The fraction of sp³-hybridized carbons (Fsp3) is 0.250. The van der Waals surface area contributed by atoms with E-state index in [0.29, 0.717) is 0 Å². The molecule has 3 aromatic rings. The molecule has 3 nitrogen and oxygen atoms in total. The number of aromatic amines is 1. The first-order valence-electron chi connectivity index (χ1n) is 8.18. The molecule has 1 aliphatic heterocycles. The Kier molecular flexibility index (Phi) is 3.50. The third-order valence-electron chi connectivity index (χ3n) is 4.87. The van der Waals surface area contributed by atoms with E-state index >= 15 is 0 Å². The second-order valence-corrected chi connectivity index (χ2v) is 6.26. The van der Waals surface area contributed by atoms with Crippen LogP contribution in [0.1, 0.15) is 34.6 Å². The minimum absolute atomic E-state index is 0.0406. The number of benzene rings is 2. The largest absolute Gasteiger partial charge is 0.357 e. The molecule has 0 saturated heterocycles. The molecule has 2 heterocycles. The van der Waals surface area contributed by atoms with E-state index in [9.17, 15) is 4.79 Å². The Morgan fingerprint density at radius 3 is 2.65 bits per heavy atom. The number of rotatable bonds is 3. The number of fused-ring (bicyclic) bond motifs is 3. The lowest BCUT2D eigenvalue weighted by molar-refractivity contribution is 0.0898.